The Morgan fingerprint density at radius 1 is 1.12 bits per heavy atom. The standard InChI is InChI=1S/C13H22ClNO/c14-10-8-11-3-4-12(9-10)15(11)6-5-13-2-1-7-16-13/h10-13H,1-9H2. The molecule has 0 aromatic rings. The molecule has 3 heteroatoms. The monoisotopic (exact) mass is 243 g/mol. The number of fused-ring (bicyclic) bond motifs is 2. The average molecular weight is 244 g/mol. The predicted molar refractivity (Wildman–Crippen MR) is 66.0 cm³/mol. The van der Waals surface area contributed by atoms with E-state index in [-0.39, 0.29) is 0 Å². The molecule has 3 unspecified atom stereocenters. The summed E-state index contributed by atoms with van der Waals surface area (Å²) in [5.74, 6) is 0. The van der Waals surface area contributed by atoms with Crippen LogP contribution in [0.2, 0.25) is 0 Å². The smallest absolute Gasteiger partial charge is 0.0588 e. The lowest BCUT2D eigenvalue weighted by molar-refractivity contribution is 0.0733. The number of piperidine rings is 1. The van der Waals surface area contributed by atoms with E-state index in [1.54, 1.807) is 0 Å². The molecule has 3 saturated heterocycles. The van der Waals surface area contributed by atoms with Crippen molar-refractivity contribution in [1.29, 1.82) is 0 Å². The van der Waals surface area contributed by atoms with Gasteiger partial charge >= 0.3 is 0 Å². The minimum Gasteiger partial charge on any atom is -0.378 e. The van der Waals surface area contributed by atoms with Gasteiger partial charge in [-0.2, -0.15) is 0 Å². The fourth-order valence-electron chi connectivity index (χ4n) is 3.74. The second-order valence-corrected chi connectivity index (χ2v) is 6.23. The van der Waals surface area contributed by atoms with E-state index >= 15 is 0 Å². The van der Waals surface area contributed by atoms with Gasteiger partial charge in [-0.3, -0.25) is 4.90 Å². The van der Waals surface area contributed by atoms with E-state index in [1.807, 2.05) is 0 Å². The molecule has 2 nitrogen and oxygen atoms in total. The van der Waals surface area contributed by atoms with Crippen LogP contribution in [0.1, 0.15) is 44.9 Å². The largest absolute Gasteiger partial charge is 0.378 e. The van der Waals surface area contributed by atoms with Crippen molar-refractivity contribution in [3.8, 4) is 0 Å². The summed E-state index contributed by atoms with van der Waals surface area (Å²) in [6.07, 6.45) is 9.50. The first-order valence-corrected chi connectivity index (χ1v) is 7.28. The zero-order valence-electron chi connectivity index (χ0n) is 9.91. The summed E-state index contributed by atoms with van der Waals surface area (Å²) in [4.78, 5) is 2.72. The van der Waals surface area contributed by atoms with Crippen molar-refractivity contribution in [2.24, 2.45) is 0 Å². The Morgan fingerprint density at radius 2 is 1.88 bits per heavy atom. The third kappa shape index (κ3) is 2.25. The first-order chi connectivity index (χ1) is 7.83. The second-order valence-electron chi connectivity index (χ2n) is 5.62. The molecule has 2 bridgehead atoms. The van der Waals surface area contributed by atoms with Crippen LogP contribution >= 0.6 is 11.6 Å². The van der Waals surface area contributed by atoms with Crippen LogP contribution in [0.4, 0.5) is 0 Å². The van der Waals surface area contributed by atoms with E-state index in [4.69, 9.17) is 16.3 Å². The highest BCUT2D eigenvalue weighted by atomic mass is 35.5. The number of alkyl halides is 1. The van der Waals surface area contributed by atoms with Gasteiger partial charge in [0.2, 0.25) is 0 Å². The molecule has 3 heterocycles. The Morgan fingerprint density at radius 3 is 2.50 bits per heavy atom. The lowest BCUT2D eigenvalue weighted by Gasteiger charge is -2.37. The Bertz CT molecular complexity index is 228. The molecular formula is C13H22ClNO. The topological polar surface area (TPSA) is 12.5 Å². The van der Waals surface area contributed by atoms with Crippen molar-refractivity contribution in [2.45, 2.75) is 68.5 Å². The van der Waals surface area contributed by atoms with Crippen LogP contribution in [0.3, 0.4) is 0 Å². The fourth-order valence-corrected chi connectivity index (χ4v) is 4.15. The zero-order valence-corrected chi connectivity index (χ0v) is 10.7. The van der Waals surface area contributed by atoms with Gasteiger partial charge in [0, 0.05) is 30.6 Å². The van der Waals surface area contributed by atoms with Crippen molar-refractivity contribution in [3.63, 3.8) is 0 Å². The summed E-state index contributed by atoms with van der Waals surface area (Å²) in [6.45, 7) is 2.23. The number of halogens is 1. The summed E-state index contributed by atoms with van der Waals surface area (Å²) in [6, 6.07) is 1.56. The van der Waals surface area contributed by atoms with Gasteiger partial charge in [-0.1, -0.05) is 0 Å². The van der Waals surface area contributed by atoms with Crippen LogP contribution in [0.25, 0.3) is 0 Å². The fraction of sp³-hybridized carbons (Fsp3) is 1.00. The SMILES string of the molecule is ClC1CC2CCC(C1)N2CCC1CCCO1. The molecule has 3 aliphatic heterocycles. The summed E-state index contributed by atoms with van der Waals surface area (Å²) >= 11 is 6.29. The van der Waals surface area contributed by atoms with Crippen LogP contribution in [-0.4, -0.2) is 41.6 Å². The average Bonchev–Trinajstić information content (AvgIpc) is 2.83. The number of ether oxygens (including phenoxy) is 1. The summed E-state index contributed by atoms with van der Waals surface area (Å²) in [5.41, 5.74) is 0. The summed E-state index contributed by atoms with van der Waals surface area (Å²) in [7, 11) is 0. The van der Waals surface area contributed by atoms with E-state index in [0.717, 1.165) is 18.7 Å². The highest BCUT2D eigenvalue weighted by Crippen LogP contribution is 2.38. The molecule has 0 aliphatic carbocycles. The van der Waals surface area contributed by atoms with Crippen LogP contribution in [0.15, 0.2) is 0 Å². The van der Waals surface area contributed by atoms with Crippen LogP contribution < -0.4 is 0 Å². The van der Waals surface area contributed by atoms with E-state index in [2.05, 4.69) is 4.90 Å². The molecule has 0 aromatic carbocycles. The Kier molecular flexibility index (Phi) is 3.42. The maximum Gasteiger partial charge on any atom is 0.0588 e. The van der Waals surface area contributed by atoms with Crippen molar-refractivity contribution in [1.82, 2.24) is 4.90 Å². The van der Waals surface area contributed by atoms with Crippen molar-refractivity contribution in [3.05, 3.63) is 0 Å². The third-order valence-corrected chi connectivity index (χ3v) is 4.92. The highest BCUT2D eigenvalue weighted by Gasteiger charge is 2.39. The molecular weight excluding hydrogens is 222 g/mol. The minimum absolute atomic E-state index is 0.441. The summed E-state index contributed by atoms with van der Waals surface area (Å²) in [5, 5.41) is 0.441. The Labute approximate surface area is 103 Å². The summed E-state index contributed by atoms with van der Waals surface area (Å²) < 4.78 is 5.70. The quantitative estimate of drug-likeness (QED) is 0.707. The first-order valence-electron chi connectivity index (χ1n) is 6.84. The van der Waals surface area contributed by atoms with Crippen molar-refractivity contribution < 1.29 is 4.74 Å². The van der Waals surface area contributed by atoms with Crippen molar-refractivity contribution in [2.75, 3.05) is 13.2 Å². The molecule has 0 N–H and O–H groups in total. The molecule has 92 valence electrons. The minimum atomic E-state index is 0.441. The number of hydrogen-bond acceptors (Lipinski definition) is 2. The Balaban J connectivity index is 1.51. The maximum atomic E-state index is 6.29. The van der Waals surface area contributed by atoms with Crippen LogP contribution in [-0.2, 0) is 4.74 Å². The van der Waals surface area contributed by atoms with Gasteiger partial charge in [0.25, 0.3) is 0 Å². The van der Waals surface area contributed by atoms with Crippen LogP contribution in [0.5, 0.6) is 0 Å². The number of nitrogens with zero attached hydrogens (tertiary/aromatic N) is 1. The molecule has 0 aromatic heterocycles. The van der Waals surface area contributed by atoms with E-state index in [9.17, 15) is 0 Å². The van der Waals surface area contributed by atoms with Gasteiger partial charge in [0.05, 0.1) is 6.10 Å². The molecule has 0 saturated carbocycles. The molecule has 3 rings (SSSR count). The molecule has 3 aliphatic rings. The molecule has 16 heavy (non-hydrogen) atoms. The molecule has 3 fully saturated rings. The van der Waals surface area contributed by atoms with E-state index < -0.39 is 0 Å². The van der Waals surface area contributed by atoms with Crippen LogP contribution in [0, 0.1) is 0 Å². The normalized spacial score (nSPS) is 44.1. The van der Waals surface area contributed by atoms with Gasteiger partial charge in [-0.15, -0.1) is 11.6 Å². The first kappa shape index (κ1) is 11.3. The zero-order chi connectivity index (χ0) is 11.0. The molecule has 3 atom stereocenters. The van der Waals surface area contributed by atoms with Crippen molar-refractivity contribution >= 4 is 11.6 Å². The number of rotatable bonds is 3. The Hall–Kier alpha value is 0.210. The second kappa shape index (κ2) is 4.83. The highest BCUT2D eigenvalue weighted by molar-refractivity contribution is 6.20. The van der Waals surface area contributed by atoms with Gasteiger partial charge < -0.3 is 4.74 Å². The maximum absolute atomic E-state index is 6.29. The lowest BCUT2D eigenvalue weighted by atomic mass is 10.0. The molecule has 0 radical (unpaired) electrons. The molecule has 0 amide bonds. The van der Waals surface area contributed by atoms with E-state index in [1.165, 1.54) is 51.5 Å². The molecule has 0 spiro atoms. The predicted octanol–water partition coefficient (Wildman–Crippen LogP) is 2.79. The van der Waals surface area contributed by atoms with E-state index in [0.29, 0.717) is 11.5 Å². The van der Waals surface area contributed by atoms with Gasteiger partial charge in [0.1, 0.15) is 0 Å². The van der Waals surface area contributed by atoms with Gasteiger partial charge in [-0.25, -0.2) is 0 Å². The number of hydrogen-bond donors (Lipinski definition) is 0. The third-order valence-electron chi connectivity index (χ3n) is 4.56. The van der Waals surface area contributed by atoms with Gasteiger partial charge in [0.15, 0.2) is 0 Å². The lowest BCUT2D eigenvalue weighted by Crippen LogP contribution is -2.44. The van der Waals surface area contributed by atoms with Gasteiger partial charge in [-0.05, 0) is 44.9 Å².